The Bertz CT molecular complexity index is 449. The third kappa shape index (κ3) is 1.94. The van der Waals surface area contributed by atoms with Gasteiger partial charge in [-0.2, -0.15) is 0 Å². The molecular weight excluding hydrogens is 190 g/mol. The summed E-state index contributed by atoms with van der Waals surface area (Å²) in [7, 11) is 0. The van der Waals surface area contributed by atoms with Crippen molar-refractivity contribution in [2.75, 3.05) is 0 Å². The van der Waals surface area contributed by atoms with Crippen LogP contribution in [0.5, 0.6) is 0 Å². The minimum atomic E-state index is -0.289. The number of amides is 1. The highest BCUT2D eigenvalue weighted by Gasteiger charge is 2.08. The molecule has 1 amide bonds. The van der Waals surface area contributed by atoms with Crippen molar-refractivity contribution in [3.05, 3.63) is 47.7 Å². The fraction of sp³-hybridized carbons (Fsp3) is 0.0909. The largest absolute Gasteiger partial charge is 0.290 e. The monoisotopic (exact) mass is 201 g/mol. The van der Waals surface area contributed by atoms with Crippen molar-refractivity contribution in [2.45, 2.75) is 6.42 Å². The standard InChI is InChI=1S/C11H11N3O/c12-14-11(15)9-4-1-3-8(7-9)10-5-2-6-13-10/h1-4,6-7H,5,12H2,(H,14,15). The first kappa shape index (κ1) is 9.61. The summed E-state index contributed by atoms with van der Waals surface area (Å²) in [5.74, 6) is 4.78. The van der Waals surface area contributed by atoms with E-state index in [1.165, 1.54) is 0 Å². The first-order valence-electron chi connectivity index (χ1n) is 4.64. The molecule has 15 heavy (non-hydrogen) atoms. The van der Waals surface area contributed by atoms with Crippen LogP contribution in [0.15, 0.2) is 41.5 Å². The van der Waals surface area contributed by atoms with Crippen LogP contribution in [0.1, 0.15) is 22.3 Å². The minimum absolute atomic E-state index is 0.289. The molecule has 1 heterocycles. The third-order valence-corrected chi connectivity index (χ3v) is 2.24. The fourth-order valence-electron chi connectivity index (χ4n) is 1.48. The third-order valence-electron chi connectivity index (χ3n) is 2.24. The SMILES string of the molecule is NNC(=O)c1cccc(C2=NC=CC2)c1. The van der Waals surface area contributed by atoms with Crippen molar-refractivity contribution in [1.29, 1.82) is 0 Å². The van der Waals surface area contributed by atoms with E-state index in [2.05, 4.69) is 10.4 Å². The average molecular weight is 201 g/mol. The molecule has 0 spiro atoms. The number of carbonyl (C=O) groups is 1. The van der Waals surface area contributed by atoms with E-state index in [0.29, 0.717) is 5.56 Å². The summed E-state index contributed by atoms with van der Waals surface area (Å²) in [6.45, 7) is 0. The van der Waals surface area contributed by atoms with E-state index in [-0.39, 0.29) is 5.91 Å². The van der Waals surface area contributed by atoms with Gasteiger partial charge in [-0.05, 0) is 17.7 Å². The summed E-state index contributed by atoms with van der Waals surface area (Å²) in [6.07, 6.45) is 4.56. The Hall–Kier alpha value is -1.94. The zero-order valence-corrected chi connectivity index (χ0v) is 8.10. The second-order valence-electron chi connectivity index (χ2n) is 3.22. The molecule has 0 atom stereocenters. The molecule has 0 bridgehead atoms. The number of carbonyl (C=O) groups excluding carboxylic acids is 1. The van der Waals surface area contributed by atoms with Crippen LogP contribution in [-0.2, 0) is 0 Å². The van der Waals surface area contributed by atoms with Crippen LogP contribution in [0, 0.1) is 0 Å². The number of nitrogens with one attached hydrogen (secondary N) is 1. The Kier molecular flexibility index (Phi) is 2.60. The van der Waals surface area contributed by atoms with Gasteiger partial charge in [0.2, 0.25) is 0 Å². The Labute approximate surface area is 87.5 Å². The van der Waals surface area contributed by atoms with Gasteiger partial charge in [-0.25, -0.2) is 5.84 Å². The normalized spacial score (nSPS) is 13.8. The van der Waals surface area contributed by atoms with Crippen molar-refractivity contribution in [3.8, 4) is 0 Å². The zero-order chi connectivity index (χ0) is 10.7. The lowest BCUT2D eigenvalue weighted by Gasteiger charge is -2.03. The molecule has 1 aliphatic rings. The summed E-state index contributed by atoms with van der Waals surface area (Å²) in [6, 6.07) is 7.25. The molecular formula is C11H11N3O. The number of aliphatic imine (C=N–C) groups is 1. The van der Waals surface area contributed by atoms with Gasteiger partial charge < -0.3 is 0 Å². The zero-order valence-electron chi connectivity index (χ0n) is 8.10. The number of hydrogen-bond acceptors (Lipinski definition) is 3. The molecule has 0 fully saturated rings. The fourth-order valence-corrected chi connectivity index (χ4v) is 1.48. The van der Waals surface area contributed by atoms with Gasteiger partial charge in [0.15, 0.2) is 0 Å². The molecule has 0 saturated carbocycles. The van der Waals surface area contributed by atoms with E-state index in [1.807, 2.05) is 18.2 Å². The van der Waals surface area contributed by atoms with Crippen LogP contribution in [0.4, 0.5) is 0 Å². The van der Waals surface area contributed by atoms with Crippen LogP contribution in [-0.4, -0.2) is 11.6 Å². The molecule has 3 N–H and O–H groups in total. The van der Waals surface area contributed by atoms with Gasteiger partial charge >= 0.3 is 0 Å². The molecule has 0 aliphatic carbocycles. The van der Waals surface area contributed by atoms with E-state index < -0.39 is 0 Å². The first-order chi connectivity index (χ1) is 7.31. The summed E-state index contributed by atoms with van der Waals surface area (Å²) >= 11 is 0. The van der Waals surface area contributed by atoms with Gasteiger partial charge in [0, 0.05) is 18.2 Å². The van der Waals surface area contributed by atoms with Gasteiger partial charge in [0.05, 0.1) is 5.71 Å². The number of rotatable bonds is 2. The quantitative estimate of drug-likeness (QED) is 0.426. The van der Waals surface area contributed by atoms with E-state index in [1.54, 1.807) is 18.3 Å². The number of hydrazine groups is 1. The van der Waals surface area contributed by atoms with E-state index in [0.717, 1.165) is 17.7 Å². The van der Waals surface area contributed by atoms with Gasteiger partial charge in [0.1, 0.15) is 0 Å². The molecule has 76 valence electrons. The lowest BCUT2D eigenvalue weighted by Crippen LogP contribution is -2.30. The smallest absolute Gasteiger partial charge is 0.265 e. The van der Waals surface area contributed by atoms with Crippen molar-refractivity contribution in [2.24, 2.45) is 10.8 Å². The van der Waals surface area contributed by atoms with Crippen LogP contribution in [0.25, 0.3) is 0 Å². The van der Waals surface area contributed by atoms with Crippen molar-refractivity contribution in [1.82, 2.24) is 5.43 Å². The molecule has 2 rings (SSSR count). The van der Waals surface area contributed by atoms with Gasteiger partial charge in [-0.3, -0.25) is 15.2 Å². The molecule has 1 aliphatic heterocycles. The van der Waals surface area contributed by atoms with Crippen molar-refractivity contribution in [3.63, 3.8) is 0 Å². The van der Waals surface area contributed by atoms with Crippen LogP contribution in [0.3, 0.4) is 0 Å². The highest BCUT2D eigenvalue weighted by molar-refractivity contribution is 6.05. The Morgan fingerprint density at radius 3 is 3.00 bits per heavy atom. The topological polar surface area (TPSA) is 67.5 Å². The van der Waals surface area contributed by atoms with Crippen LogP contribution < -0.4 is 11.3 Å². The van der Waals surface area contributed by atoms with Crippen LogP contribution >= 0.6 is 0 Å². The minimum Gasteiger partial charge on any atom is -0.290 e. The lowest BCUT2D eigenvalue weighted by atomic mass is 10.0. The number of nitrogen functional groups attached to an aromatic ring is 1. The highest BCUT2D eigenvalue weighted by Crippen LogP contribution is 2.12. The summed E-state index contributed by atoms with van der Waals surface area (Å²) in [5.41, 5.74) is 4.58. The lowest BCUT2D eigenvalue weighted by molar-refractivity contribution is 0.0953. The molecule has 1 aromatic carbocycles. The molecule has 0 aromatic heterocycles. The second-order valence-corrected chi connectivity index (χ2v) is 3.22. The Morgan fingerprint density at radius 2 is 2.33 bits per heavy atom. The maximum atomic E-state index is 11.3. The number of hydrogen-bond donors (Lipinski definition) is 2. The predicted molar refractivity (Wildman–Crippen MR) is 58.4 cm³/mol. The summed E-state index contributed by atoms with van der Waals surface area (Å²) in [4.78, 5) is 15.5. The van der Waals surface area contributed by atoms with Gasteiger partial charge in [-0.1, -0.05) is 18.2 Å². The molecule has 0 radical (unpaired) electrons. The maximum absolute atomic E-state index is 11.3. The molecule has 4 heteroatoms. The molecule has 4 nitrogen and oxygen atoms in total. The number of nitrogens with zero attached hydrogens (tertiary/aromatic N) is 1. The number of benzene rings is 1. The Morgan fingerprint density at radius 1 is 1.47 bits per heavy atom. The summed E-state index contributed by atoms with van der Waals surface area (Å²) in [5, 5.41) is 0. The molecule has 1 aromatic rings. The van der Waals surface area contributed by atoms with E-state index >= 15 is 0 Å². The Balaban J connectivity index is 2.30. The van der Waals surface area contributed by atoms with Gasteiger partial charge in [0.25, 0.3) is 5.91 Å². The number of nitrogens with two attached hydrogens (primary N) is 1. The highest BCUT2D eigenvalue weighted by atomic mass is 16.2. The molecule has 0 unspecified atom stereocenters. The summed E-state index contributed by atoms with van der Waals surface area (Å²) < 4.78 is 0. The first-order valence-corrected chi connectivity index (χ1v) is 4.64. The van der Waals surface area contributed by atoms with E-state index in [4.69, 9.17) is 5.84 Å². The maximum Gasteiger partial charge on any atom is 0.265 e. The average Bonchev–Trinajstić information content (AvgIpc) is 2.82. The molecule has 0 saturated heterocycles. The second kappa shape index (κ2) is 4.06. The van der Waals surface area contributed by atoms with Gasteiger partial charge in [-0.15, -0.1) is 0 Å². The number of allylic oxidation sites excluding steroid dienone is 1. The predicted octanol–water partition coefficient (Wildman–Crippen LogP) is 0.997. The van der Waals surface area contributed by atoms with Crippen LogP contribution in [0.2, 0.25) is 0 Å². The van der Waals surface area contributed by atoms with Crippen molar-refractivity contribution < 1.29 is 4.79 Å². The van der Waals surface area contributed by atoms with Crippen molar-refractivity contribution >= 4 is 11.6 Å². The van der Waals surface area contributed by atoms with E-state index in [9.17, 15) is 4.79 Å².